The van der Waals surface area contributed by atoms with Gasteiger partial charge in [-0.2, -0.15) is 0 Å². The van der Waals surface area contributed by atoms with Crippen LogP contribution >= 0.6 is 11.6 Å². The average molecular weight is 520 g/mol. The monoisotopic (exact) mass is 519 g/mol. The summed E-state index contributed by atoms with van der Waals surface area (Å²) in [6.45, 7) is 8.87. The molecule has 1 saturated heterocycles. The molecule has 6 nitrogen and oxygen atoms in total. The van der Waals surface area contributed by atoms with Crippen molar-refractivity contribution in [2.24, 2.45) is 5.92 Å². The number of amides is 1. The molecule has 1 amide bonds. The maximum Gasteiger partial charge on any atom is 0.300 e. The van der Waals surface area contributed by atoms with Gasteiger partial charge in [-0.3, -0.25) is 14.5 Å². The summed E-state index contributed by atoms with van der Waals surface area (Å²) in [6.07, 6.45) is 0. The largest absolute Gasteiger partial charge is 0.507 e. The first kappa shape index (κ1) is 26.3. The van der Waals surface area contributed by atoms with Gasteiger partial charge in [0.15, 0.2) is 0 Å². The van der Waals surface area contributed by atoms with Gasteiger partial charge in [-0.15, -0.1) is 0 Å². The van der Waals surface area contributed by atoms with E-state index in [9.17, 15) is 14.7 Å². The van der Waals surface area contributed by atoms with E-state index >= 15 is 0 Å². The zero-order valence-electron chi connectivity index (χ0n) is 21.3. The molecule has 4 rings (SSSR count). The maximum atomic E-state index is 13.4. The first-order valence-electron chi connectivity index (χ1n) is 12.2. The van der Waals surface area contributed by atoms with E-state index in [4.69, 9.17) is 21.1 Å². The maximum absolute atomic E-state index is 13.4. The van der Waals surface area contributed by atoms with Gasteiger partial charge in [-0.25, -0.2) is 0 Å². The number of hydrogen-bond donors (Lipinski definition) is 1. The summed E-state index contributed by atoms with van der Waals surface area (Å²) in [7, 11) is 0. The number of ketones is 1. The fourth-order valence-corrected chi connectivity index (χ4v) is 4.50. The third kappa shape index (κ3) is 5.49. The molecule has 1 fully saturated rings. The molecule has 0 aromatic heterocycles. The van der Waals surface area contributed by atoms with Crippen LogP contribution in [0.15, 0.2) is 72.3 Å². The number of aliphatic hydroxyl groups excluding tert-OH is 1. The van der Waals surface area contributed by atoms with Crippen LogP contribution in [0.2, 0.25) is 5.02 Å². The van der Waals surface area contributed by atoms with Crippen LogP contribution in [0.4, 0.5) is 5.69 Å². The van der Waals surface area contributed by atoms with Crippen molar-refractivity contribution in [1.29, 1.82) is 0 Å². The predicted octanol–water partition coefficient (Wildman–Crippen LogP) is 6.71. The number of carbonyl (C=O) groups is 2. The number of carbonyl (C=O) groups excluding carboxylic acids is 2. The zero-order chi connectivity index (χ0) is 26.7. The molecule has 7 heteroatoms. The lowest BCUT2D eigenvalue weighted by molar-refractivity contribution is -0.132. The Morgan fingerprint density at radius 1 is 1.00 bits per heavy atom. The molecule has 0 bridgehead atoms. The van der Waals surface area contributed by atoms with Crippen LogP contribution < -0.4 is 14.4 Å². The molecule has 1 aliphatic rings. The van der Waals surface area contributed by atoms with Crippen molar-refractivity contribution in [2.45, 2.75) is 33.7 Å². The molecular formula is C30H30ClNO5. The number of anilines is 1. The highest BCUT2D eigenvalue weighted by molar-refractivity contribution is 6.52. The predicted molar refractivity (Wildman–Crippen MR) is 145 cm³/mol. The highest BCUT2D eigenvalue weighted by Crippen LogP contribution is 2.43. The Hall–Kier alpha value is -3.77. The van der Waals surface area contributed by atoms with Crippen molar-refractivity contribution < 1.29 is 24.2 Å². The third-order valence-electron chi connectivity index (χ3n) is 6.01. The van der Waals surface area contributed by atoms with Gasteiger partial charge < -0.3 is 14.6 Å². The number of rotatable bonds is 8. The molecule has 37 heavy (non-hydrogen) atoms. The Labute approximate surface area is 222 Å². The second kappa shape index (κ2) is 11.1. The quantitative estimate of drug-likeness (QED) is 0.203. The number of hydrogen-bond acceptors (Lipinski definition) is 5. The van der Waals surface area contributed by atoms with Crippen molar-refractivity contribution in [3.8, 4) is 11.5 Å². The topological polar surface area (TPSA) is 76.1 Å². The molecule has 1 atom stereocenters. The summed E-state index contributed by atoms with van der Waals surface area (Å²) in [5.41, 5.74) is 2.31. The number of benzene rings is 3. The Kier molecular flexibility index (Phi) is 7.89. The number of Topliss-reactive ketones (excluding diaryl/α,β-unsaturated/α-hetero) is 1. The fraction of sp³-hybridized carbons (Fsp3) is 0.267. The highest BCUT2D eigenvalue weighted by Gasteiger charge is 2.47. The summed E-state index contributed by atoms with van der Waals surface area (Å²) in [6, 6.07) is 18.5. The van der Waals surface area contributed by atoms with E-state index in [0.29, 0.717) is 41.9 Å². The van der Waals surface area contributed by atoms with E-state index in [1.165, 1.54) is 4.90 Å². The fourth-order valence-electron chi connectivity index (χ4n) is 4.29. The Morgan fingerprint density at radius 3 is 2.35 bits per heavy atom. The molecule has 1 N–H and O–H groups in total. The number of aryl methyl sites for hydroxylation is 1. The van der Waals surface area contributed by atoms with E-state index in [-0.39, 0.29) is 21.9 Å². The molecule has 3 aromatic rings. The lowest BCUT2D eigenvalue weighted by Gasteiger charge is -2.26. The lowest BCUT2D eigenvalue weighted by Crippen LogP contribution is -2.29. The van der Waals surface area contributed by atoms with Gasteiger partial charge in [-0.05, 0) is 73.4 Å². The molecule has 0 aliphatic carbocycles. The molecule has 0 spiro atoms. The van der Waals surface area contributed by atoms with Crippen LogP contribution in [0.25, 0.3) is 5.76 Å². The first-order valence-corrected chi connectivity index (χ1v) is 12.6. The normalized spacial score (nSPS) is 16.9. The number of ether oxygens (including phenoxy) is 2. The summed E-state index contributed by atoms with van der Waals surface area (Å²) >= 11 is 6.43. The number of nitrogens with zero attached hydrogens (tertiary/aromatic N) is 1. The standard InChI is InChI=1S/C30H30ClNO5/c1-5-36-23-13-14-25(31)24(16-23)28(33)26-27(20-9-11-22(12-10-20)37-17-18(2)3)32(30(35)29(26)34)21-8-6-7-19(4)15-21/h6-16,18,27,33H,5,17H2,1-4H3/b28-26+. The zero-order valence-corrected chi connectivity index (χ0v) is 22.1. The van der Waals surface area contributed by atoms with Crippen LogP contribution in [0, 0.1) is 12.8 Å². The minimum Gasteiger partial charge on any atom is -0.507 e. The molecule has 0 radical (unpaired) electrons. The van der Waals surface area contributed by atoms with Gasteiger partial charge in [0.2, 0.25) is 0 Å². The van der Waals surface area contributed by atoms with E-state index < -0.39 is 17.7 Å². The van der Waals surface area contributed by atoms with E-state index in [0.717, 1.165) is 5.56 Å². The van der Waals surface area contributed by atoms with Crippen molar-refractivity contribution >= 4 is 34.7 Å². The lowest BCUT2D eigenvalue weighted by atomic mass is 9.95. The van der Waals surface area contributed by atoms with E-state index in [2.05, 4.69) is 13.8 Å². The van der Waals surface area contributed by atoms with Gasteiger partial charge in [0, 0.05) is 11.3 Å². The first-order chi connectivity index (χ1) is 17.7. The van der Waals surface area contributed by atoms with Crippen LogP contribution in [0.1, 0.15) is 43.5 Å². The molecule has 1 unspecified atom stereocenters. The highest BCUT2D eigenvalue weighted by atomic mass is 35.5. The van der Waals surface area contributed by atoms with Crippen molar-refractivity contribution in [1.82, 2.24) is 0 Å². The summed E-state index contributed by atoms with van der Waals surface area (Å²) in [4.78, 5) is 28.2. The van der Waals surface area contributed by atoms with Crippen molar-refractivity contribution in [3.05, 3.63) is 94.0 Å². The SMILES string of the molecule is CCOc1ccc(Cl)c(/C(O)=C2\C(=O)C(=O)N(c3cccc(C)c3)C2c2ccc(OCC(C)C)cc2)c1. The van der Waals surface area contributed by atoms with E-state index in [1.54, 1.807) is 48.5 Å². The Balaban J connectivity index is 1.88. The number of aliphatic hydroxyl groups is 1. The Morgan fingerprint density at radius 2 is 1.70 bits per heavy atom. The summed E-state index contributed by atoms with van der Waals surface area (Å²) in [5, 5.41) is 11.7. The molecular weight excluding hydrogens is 490 g/mol. The molecule has 1 aliphatic heterocycles. The second-order valence-electron chi connectivity index (χ2n) is 9.36. The molecule has 1 heterocycles. The molecule has 3 aromatic carbocycles. The van der Waals surface area contributed by atoms with Gasteiger partial charge >= 0.3 is 0 Å². The molecule has 0 saturated carbocycles. The van der Waals surface area contributed by atoms with Crippen LogP contribution in [0.5, 0.6) is 11.5 Å². The van der Waals surface area contributed by atoms with Crippen molar-refractivity contribution in [3.63, 3.8) is 0 Å². The van der Waals surface area contributed by atoms with Gasteiger partial charge in [0.05, 0.1) is 29.9 Å². The summed E-state index contributed by atoms with van der Waals surface area (Å²) < 4.78 is 11.4. The minimum atomic E-state index is -0.868. The van der Waals surface area contributed by atoms with E-state index in [1.807, 2.05) is 32.0 Å². The van der Waals surface area contributed by atoms with Gasteiger partial charge in [0.1, 0.15) is 17.3 Å². The van der Waals surface area contributed by atoms with Crippen molar-refractivity contribution in [2.75, 3.05) is 18.1 Å². The van der Waals surface area contributed by atoms with Crippen LogP contribution in [0.3, 0.4) is 0 Å². The smallest absolute Gasteiger partial charge is 0.300 e. The second-order valence-corrected chi connectivity index (χ2v) is 9.76. The molecule has 192 valence electrons. The number of halogens is 1. The third-order valence-corrected chi connectivity index (χ3v) is 6.34. The van der Waals surface area contributed by atoms with Crippen LogP contribution in [-0.2, 0) is 9.59 Å². The van der Waals surface area contributed by atoms with Gasteiger partial charge in [-0.1, -0.05) is 49.7 Å². The van der Waals surface area contributed by atoms with Crippen LogP contribution in [-0.4, -0.2) is 30.0 Å². The summed E-state index contributed by atoms with van der Waals surface area (Å²) in [5.74, 6) is -0.339. The van der Waals surface area contributed by atoms with Gasteiger partial charge in [0.25, 0.3) is 11.7 Å². The Bertz CT molecular complexity index is 1350. The average Bonchev–Trinajstić information content (AvgIpc) is 3.14. The minimum absolute atomic E-state index is 0.0436.